The van der Waals surface area contributed by atoms with Crippen molar-refractivity contribution in [2.75, 3.05) is 32.1 Å². The van der Waals surface area contributed by atoms with E-state index in [0.717, 1.165) is 38.0 Å². The van der Waals surface area contributed by atoms with Crippen molar-refractivity contribution in [2.45, 2.75) is 12.2 Å². The number of hydrogen-bond acceptors (Lipinski definition) is 3. The van der Waals surface area contributed by atoms with Gasteiger partial charge in [0, 0.05) is 31.2 Å². The van der Waals surface area contributed by atoms with E-state index in [2.05, 4.69) is 35.6 Å². The molecule has 1 N–H and O–H groups in total. The molecule has 1 unspecified atom stereocenters. The lowest BCUT2D eigenvalue weighted by atomic mass is 10.1. The molecule has 0 spiro atoms. The second-order valence-corrected chi connectivity index (χ2v) is 5.58. The van der Waals surface area contributed by atoms with Gasteiger partial charge in [-0.05, 0) is 17.9 Å². The Labute approximate surface area is 108 Å². The topological polar surface area (TPSA) is 21.3 Å². The highest BCUT2D eigenvalue weighted by atomic mass is 32.2. The third-order valence-electron chi connectivity index (χ3n) is 2.99. The van der Waals surface area contributed by atoms with Gasteiger partial charge in [0.15, 0.2) is 0 Å². The maximum Gasteiger partial charge on any atom is 0.0507 e. The van der Waals surface area contributed by atoms with Gasteiger partial charge < -0.3 is 10.1 Å². The van der Waals surface area contributed by atoms with Gasteiger partial charge in [-0.1, -0.05) is 30.3 Å². The molecule has 1 aliphatic heterocycles. The lowest BCUT2D eigenvalue weighted by Crippen LogP contribution is -2.25. The van der Waals surface area contributed by atoms with Gasteiger partial charge in [0.2, 0.25) is 0 Å². The molecule has 1 aromatic carbocycles. The molecule has 1 heterocycles. The SMILES string of the molecule is c1ccc(CSCCNCC2CCOC2)cc1. The predicted octanol–water partition coefficient (Wildman–Crippen LogP) is 2.55. The van der Waals surface area contributed by atoms with Gasteiger partial charge >= 0.3 is 0 Å². The Hall–Kier alpha value is -0.510. The Morgan fingerprint density at radius 1 is 1.29 bits per heavy atom. The number of benzene rings is 1. The molecule has 0 radical (unpaired) electrons. The quantitative estimate of drug-likeness (QED) is 0.753. The van der Waals surface area contributed by atoms with Crippen molar-refractivity contribution in [3.05, 3.63) is 35.9 Å². The molecule has 0 aliphatic carbocycles. The maximum atomic E-state index is 5.35. The van der Waals surface area contributed by atoms with E-state index in [4.69, 9.17) is 4.74 Å². The van der Waals surface area contributed by atoms with Crippen LogP contribution in [0.4, 0.5) is 0 Å². The molecule has 17 heavy (non-hydrogen) atoms. The molecule has 0 amide bonds. The van der Waals surface area contributed by atoms with E-state index in [1.54, 1.807) is 0 Å². The average molecular weight is 251 g/mol. The third-order valence-corrected chi connectivity index (χ3v) is 4.02. The predicted molar refractivity (Wildman–Crippen MR) is 74.4 cm³/mol. The summed E-state index contributed by atoms with van der Waals surface area (Å²) in [5, 5.41) is 3.51. The summed E-state index contributed by atoms with van der Waals surface area (Å²) >= 11 is 2.00. The van der Waals surface area contributed by atoms with Crippen molar-refractivity contribution in [3.63, 3.8) is 0 Å². The van der Waals surface area contributed by atoms with Crippen LogP contribution in [0, 0.1) is 5.92 Å². The minimum absolute atomic E-state index is 0.745. The monoisotopic (exact) mass is 251 g/mol. The van der Waals surface area contributed by atoms with E-state index in [1.165, 1.54) is 17.7 Å². The van der Waals surface area contributed by atoms with E-state index >= 15 is 0 Å². The van der Waals surface area contributed by atoms with Crippen molar-refractivity contribution < 1.29 is 4.74 Å². The minimum Gasteiger partial charge on any atom is -0.381 e. The van der Waals surface area contributed by atoms with Gasteiger partial charge in [-0.15, -0.1) is 0 Å². The van der Waals surface area contributed by atoms with Gasteiger partial charge in [-0.3, -0.25) is 0 Å². The van der Waals surface area contributed by atoms with Crippen LogP contribution in [0.15, 0.2) is 30.3 Å². The van der Waals surface area contributed by atoms with Crippen LogP contribution in [0.1, 0.15) is 12.0 Å². The molecule has 2 rings (SSSR count). The molecule has 3 heteroatoms. The van der Waals surface area contributed by atoms with Crippen LogP contribution in [-0.2, 0) is 10.5 Å². The highest BCUT2D eigenvalue weighted by Crippen LogP contribution is 2.12. The van der Waals surface area contributed by atoms with E-state index in [0.29, 0.717) is 0 Å². The largest absolute Gasteiger partial charge is 0.381 e. The maximum absolute atomic E-state index is 5.35. The molecule has 1 atom stereocenters. The highest BCUT2D eigenvalue weighted by Gasteiger charge is 2.14. The number of hydrogen-bond donors (Lipinski definition) is 1. The first-order valence-electron chi connectivity index (χ1n) is 6.35. The van der Waals surface area contributed by atoms with Crippen molar-refractivity contribution in [1.29, 1.82) is 0 Å². The standard InChI is InChI=1S/C14H21NOS/c1-2-4-13(5-3-1)12-17-9-7-15-10-14-6-8-16-11-14/h1-5,14-15H,6-12H2. The average Bonchev–Trinajstić information content (AvgIpc) is 2.88. The second kappa shape index (κ2) is 7.75. The van der Waals surface area contributed by atoms with Crippen molar-refractivity contribution in [2.24, 2.45) is 5.92 Å². The van der Waals surface area contributed by atoms with Crippen LogP contribution in [0.3, 0.4) is 0 Å². The van der Waals surface area contributed by atoms with E-state index in [-0.39, 0.29) is 0 Å². The Kier molecular flexibility index (Phi) is 5.89. The van der Waals surface area contributed by atoms with Crippen LogP contribution in [-0.4, -0.2) is 32.1 Å². The molecule has 0 aromatic heterocycles. The fourth-order valence-electron chi connectivity index (χ4n) is 1.96. The molecule has 0 saturated carbocycles. The van der Waals surface area contributed by atoms with Crippen LogP contribution in [0.2, 0.25) is 0 Å². The number of rotatable bonds is 7. The minimum atomic E-state index is 0.745. The van der Waals surface area contributed by atoms with Gasteiger partial charge in [-0.2, -0.15) is 11.8 Å². The summed E-state index contributed by atoms with van der Waals surface area (Å²) in [6, 6.07) is 10.7. The molecule has 94 valence electrons. The second-order valence-electron chi connectivity index (χ2n) is 4.47. The zero-order valence-electron chi connectivity index (χ0n) is 10.2. The molecular formula is C14H21NOS. The summed E-state index contributed by atoms with van der Waals surface area (Å²) in [6.45, 7) is 4.12. The molecular weight excluding hydrogens is 230 g/mol. The fraction of sp³-hybridized carbons (Fsp3) is 0.571. The normalized spacial score (nSPS) is 19.6. The molecule has 0 bridgehead atoms. The van der Waals surface area contributed by atoms with Crippen molar-refractivity contribution in [1.82, 2.24) is 5.32 Å². The first-order valence-corrected chi connectivity index (χ1v) is 7.51. The van der Waals surface area contributed by atoms with Crippen LogP contribution in [0.25, 0.3) is 0 Å². The molecule has 1 aromatic rings. The highest BCUT2D eigenvalue weighted by molar-refractivity contribution is 7.98. The molecule has 1 fully saturated rings. The molecule has 2 nitrogen and oxygen atoms in total. The number of nitrogens with one attached hydrogen (secondary N) is 1. The van der Waals surface area contributed by atoms with E-state index in [1.807, 2.05) is 11.8 Å². The zero-order valence-corrected chi connectivity index (χ0v) is 11.0. The van der Waals surface area contributed by atoms with Crippen LogP contribution >= 0.6 is 11.8 Å². The third kappa shape index (κ3) is 5.11. The van der Waals surface area contributed by atoms with E-state index in [9.17, 15) is 0 Å². The summed E-state index contributed by atoms with van der Waals surface area (Å²) in [5.74, 6) is 3.05. The first kappa shape index (κ1) is 12.9. The Balaban J connectivity index is 1.46. The van der Waals surface area contributed by atoms with Crippen molar-refractivity contribution in [3.8, 4) is 0 Å². The zero-order chi connectivity index (χ0) is 11.8. The van der Waals surface area contributed by atoms with Crippen LogP contribution < -0.4 is 5.32 Å². The number of ether oxygens (including phenoxy) is 1. The molecule has 1 aliphatic rings. The summed E-state index contributed by atoms with van der Waals surface area (Å²) in [7, 11) is 0. The lowest BCUT2D eigenvalue weighted by Gasteiger charge is -2.08. The van der Waals surface area contributed by atoms with Gasteiger partial charge in [0.05, 0.1) is 6.61 Å². The fourth-order valence-corrected chi connectivity index (χ4v) is 2.82. The smallest absolute Gasteiger partial charge is 0.0507 e. The van der Waals surface area contributed by atoms with Gasteiger partial charge in [0.1, 0.15) is 0 Å². The van der Waals surface area contributed by atoms with Gasteiger partial charge in [-0.25, -0.2) is 0 Å². The summed E-state index contributed by atoms with van der Waals surface area (Å²) in [4.78, 5) is 0. The van der Waals surface area contributed by atoms with Crippen molar-refractivity contribution >= 4 is 11.8 Å². The van der Waals surface area contributed by atoms with E-state index < -0.39 is 0 Å². The Morgan fingerprint density at radius 3 is 2.94 bits per heavy atom. The number of thioether (sulfide) groups is 1. The Morgan fingerprint density at radius 2 is 2.18 bits per heavy atom. The molecule has 1 saturated heterocycles. The summed E-state index contributed by atoms with van der Waals surface area (Å²) in [5.41, 5.74) is 1.42. The summed E-state index contributed by atoms with van der Waals surface area (Å²) in [6.07, 6.45) is 1.23. The Bertz CT molecular complexity index is 298. The lowest BCUT2D eigenvalue weighted by molar-refractivity contribution is 0.185. The van der Waals surface area contributed by atoms with Crippen LogP contribution in [0.5, 0.6) is 0 Å². The summed E-state index contributed by atoms with van der Waals surface area (Å²) < 4.78 is 5.35. The van der Waals surface area contributed by atoms with Gasteiger partial charge in [0.25, 0.3) is 0 Å². The first-order chi connectivity index (χ1) is 8.45.